The van der Waals surface area contributed by atoms with Crippen molar-refractivity contribution in [3.63, 3.8) is 0 Å². The minimum absolute atomic E-state index is 0.0378. The predicted octanol–water partition coefficient (Wildman–Crippen LogP) is 1.50. The lowest BCUT2D eigenvalue weighted by Gasteiger charge is -2.20. The second kappa shape index (κ2) is 11.1. The van der Waals surface area contributed by atoms with Gasteiger partial charge in [-0.25, -0.2) is 4.99 Å². The number of ether oxygens (including phenoxy) is 1. The summed E-state index contributed by atoms with van der Waals surface area (Å²) in [5.74, 6) is 1.05. The molecule has 7 nitrogen and oxygen atoms in total. The maximum atomic E-state index is 12.6. The Morgan fingerprint density at radius 3 is 2.60 bits per heavy atom. The zero-order valence-corrected chi connectivity index (χ0v) is 17.6. The van der Waals surface area contributed by atoms with Gasteiger partial charge in [-0.05, 0) is 30.5 Å². The normalized spacial score (nSPS) is 17.7. The van der Waals surface area contributed by atoms with E-state index in [9.17, 15) is 18.0 Å². The van der Waals surface area contributed by atoms with Crippen LogP contribution in [0.3, 0.4) is 0 Å². The molecule has 1 aromatic rings. The van der Waals surface area contributed by atoms with Crippen LogP contribution in [-0.4, -0.2) is 87.8 Å². The van der Waals surface area contributed by atoms with Crippen molar-refractivity contribution in [1.82, 2.24) is 20.4 Å². The van der Waals surface area contributed by atoms with Gasteiger partial charge < -0.3 is 20.3 Å². The first-order valence-corrected chi connectivity index (χ1v) is 9.83. The molecule has 1 heterocycles. The largest absolute Gasteiger partial charge is 0.497 e. The van der Waals surface area contributed by atoms with Crippen molar-refractivity contribution in [3.05, 3.63) is 29.8 Å². The third-order valence-electron chi connectivity index (χ3n) is 4.75. The van der Waals surface area contributed by atoms with E-state index in [1.807, 2.05) is 24.3 Å². The lowest BCUT2D eigenvalue weighted by atomic mass is 10.1. The van der Waals surface area contributed by atoms with Crippen LogP contribution in [-0.2, 0) is 11.2 Å². The number of carbonyl (C=O) groups is 1. The summed E-state index contributed by atoms with van der Waals surface area (Å²) in [6, 6.07) is 7.53. The molecule has 10 heteroatoms. The van der Waals surface area contributed by atoms with Crippen molar-refractivity contribution in [2.45, 2.75) is 25.1 Å². The van der Waals surface area contributed by atoms with E-state index in [1.54, 1.807) is 21.2 Å². The molecule has 1 saturated heterocycles. The number of nitrogens with zero attached hydrogens (tertiary/aromatic N) is 3. The zero-order valence-electron chi connectivity index (χ0n) is 17.6. The number of alkyl halides is 3. The van der Waals surface area contributed by atoms with Crippen LogP contribution in [0.4, 0.5) is 13.2 Å². The second-order valence-electron chi connectivity index (χ2n) is 7.46. The van der Waals surface area contributed by atoms with Crippen LogP contribution in [0.15, 0.2) is 29.3 Å². The maximum absolute atomic E-state index is 12.6. The average molecular weight is 429 g/mol. The number of halogens is 3. The molecular formula is C20H30F3N5O2. The average Bonchev–Trinajstić information content (AvgIpc) is 3.11. The third kappa shape index (κ3) is 8.48. The van der Waals surface area contributed by atoms with Crippen molar-refractivity contribution >= 4 is 11.9 Å². The first-order chi connectivity index (χ1) is 14.2. The van der Waals surface area contributed by atoms with Gasteiger partial charge >= 0.3 is 6.18 Å². The molecule has 0 aromatic heterocycles. The Hall–Kier alpha value is -2.49. The first kappa shape index (κ1) is 23.8. The number of methoxy groups -OCH3 is 1. The van der Waals surface area contributed by atoms with E-state index in [2.05, 4.69) is 15.6 Å². The van der Waals surface area contributed by atoms with Crippen molar-refractivity contribution in [1.29, 1.82) is 0 Å². The van der Waals surface area contributed by atoms with Crippen LogP contribution in [0, 0.1) is 0 Å². The molecule has 0 spiro atoms. The molecule has 168 valence electrons. The molecule has 0 saturated carbocycles. The number of rotatable bonds is 8. The fourth-order valence-electron chi connectivity index (χ4n) is 3.10. The molecule has 2 N–H and O–H groups in total. The van der Waals surface area contributed by atoms with Gasteiger partial charge in [-0.3, -0.25) is 9.69 Å². The molecule has 1 aliphatic heterocycles. The molecule has 0 aliphatic carbocycles. The van der Waals surface area contributed by atoms with Crippen LogP contribution in [0.1, 0.15) is 12.0 Å². The summed E-state index contributed by atoms with van der Waals surface area (Å²) in [7, 11) is 4.90. The lowest BCUT2D eigenvalue weighted by Crippen LogP contribution is -2.46. The van der Waals surface area contributed by atoms with E-state index in [0.717, 1.165) is 17.7 Å². The van der Waals surface area contributed by atoms with Crippen LogP contribution in [0.25, 0.3) is 0 Å². The highest BCUT2D eigenvalue weighted by molar-refractivity contribution is 5.85. The monoisotopic (exact) mass is 429 g/mol. The summed E-state index contributed by atoms with van der Waals surface area (Å²) in [6.07, 6.45) is -2.91. The summed E-state index contributed by atoms with van der Waals surface area (Å²) in [6.45, 7) is 0.256. The predicted molar refractivity (Wildman–Crippen MR) is 110 cm³/mol. The van der Waals surface area contributed by atoms with E-state index in [-0.39, 0.29) is 25.0 Å². The van der Waals surface area contributed by atoms with E-state index in [0.29, 0.717) is 25.5 Å². The second-order valence-corrected chi connectivity index (χ2v) is 7.46. The maximum Gasteiger partial charge on any atom is 0.401 e. The van der Waals surface area contributed by atoms with Gasteiger partial charge in [-0.2, -0.15) is 13.2 Å². The summed E-state index contributed by atoms with van der Waals surface area (Å²) in [5, 5.41) is 6.35. The number of benzene rings is 1. The fraction of sp³-hybridized carbons (Fsp3) is 0.600. The number of aliphatic imine (C=N–C) groups is 1. The smallest absolute Gasteiger partial charge is 0.401 e. The molecule has 1 unspecified atom stereocenters. The highest BCUT2D eigenvalue weighted by Gasteiger charge is 2.34. The summed E-state index contributed by atoms with van der Waals surface area (Å²) in [5.41, 5.74) is 1.10. The van der Waals surface area contributed by atoms with Crippen molar-refractivity contribution in [2.24, 2.45) is 4.99 Å². The number of nitrogens with one attached hydrogen (secondary N) is 2. The molecule has 0 radical (unpaired) electrons. The number of likely N-dealkylation sites (tertiary alicyclic amines) is 1. The SMILES string of the molecule is COc1ccc(CCNC(=NCC(=O)N(C)C)NC2CCN(CC(F)(F)F)C2)cc1. The molecule has 2 rings (SSSR count). The summed E-state index contributed by atoms with van der Waals surface area (Å²) < 4.78 is 43.0. The Labute approximate surface area is 175 Å². The number of amides is 1. The van der Waals surface area contributed by atoms with Gasteiger partial charge in [-0.15, -0.1) is 0 Å². The molecule has 1 amide bonds. The first-order valence-electron chi connectivity index (χ1n) is 9.83. The Bertz CT molecular complexity index is 707. The van der Waals surface area contributed by atoms with Gasteiger partial charge in [0, 0.05) is 39.8 Å². The zero-order chi connectivity index (χ0) is 22.1. The summed E-state index contributed by atoms with van der Waals surface area (Å²) in [4.78, 5) is 19.0. The molecule has 1 atom stereocenters. The Kier molecular flexibility index (Phi) is 8.76. The number of hydrogen-bond donors (Lipinski definition) is 2. The topological polar surface area (TPSA) is 69.2 Å². The van der Waals surface area contributed by atoms with Gasteiger partial charge in [0.1, 0.15) is 12.3 Å². The Balaban J connectivity index is 1.91. The number of likely N-dealkylation sites (N-methyl/N-ethyl adjacent to an activating group) is 1. The number of hydrogen-bond acceptors (Lipinski definition) is 4. The number of guanidine groups is 1. The van der Waals surface area contributed by atoms with Gasteiger partial charge in [-0.1, -0.05) is 12.1 Å². The van der Waals surface area contributed by atoms with Gasteiger partial charge in [0.15, 0.2) is 5.96 Å². The van der Waals surface area contributed by atoms with Crippen LogP contribution in [0.5, 0.6) is 5.75 Å². The van der Waals surface area contributed by atoms with Gasteiger partial charge in [0.25, 0.3) is 0 Å². The van der Waals surface area contributed by atoms with Crippen LogP contribution >= 0.6 is 0 Å². The van der Waals surface area contributed by atoms with E-state index < -0.39 is 12.7 Å². The molecule has 1 fully saturated rings. The fourth-order valence-corrected chi connectivity index (χ4v) is 3.10. The third-order valence-corrected chi connectivity index (χ3v) is 4.75. The van der Waals surface area contributed by atoms with Crippen molar-refractivity contribution in [3.8, 4) is 5.75 Å². The lowest BCUT2D eigenvalue weighted by molar-refractivity contribution is -0.143. The molecule has 0 bridgehead atoms. The highest BCUT2D eigenvalue weighted by atomic mass is 19.4. The molecular weight excluding hydrogens is 399 g/mol. The minimum Gasteiger partial charge on any atom is -0.497 e. The van der Waals surface area contributed by atoms with Crippen LogP contribution in [0.2, 0.25) is 0 Å². The van der Waals surface area contributed by atoms with Gasteiger partial charge in [0.2, 0.25) is 5.91 Å². The number of carbonyl (C=O) groups excluding carboxylic acids is 1. The van der Waals surface area contributed by atoms with Crippen molar-refractivity contribution in [2.75, 3.05) is 53.9 Å². The Morgan fingerprint density at radius 1 is 1.30 bits per heavy atom. The quantitative estimate of drug-likeness (QED) is 0.484. The van der Waals surface area contributed by atoms with Crippen LogP contribution < -0.4 is 15.4 Å². The minimum atomic E-state index is -4.21. The van der Waals surface area contributed by atoms with Gasteiger partial charge in [0.05, 0.1) is 13.7 Å². The molecule has 1 aliphatic rings. The molecule has 30 heavy (non-hydrogen) atoms. The summed E-state index contributed by atoms with van der Waals surface area (Å²) >= 11 is 0. The van der Waals surface area contributed by atoms with E-state index >= 15 is 0 Å². The van der Waals surface area contributed by atoms with Crippen molar-refractivity contribution < 1.29 is 22.7 Å². The van der Waals surface area contributed by atoms with E-state index in [4.69, 9.17) is 4.74 Å². The standard InChI is InChI=1S/C20H30F3N5O2/c1-27(2)18(29)12-25-19(24-10-8-15-4-6-17(30-3)7-5-15)26-16-9-11-28(13-16)14-20(21,22)23/h4-7,16H,8-14H2,1-3H3,(H2,24,25,26). The highest BCUT2D eigenvalue weighted by Crippen LogP contribution is 2.20. The van der Waals surface area contributed by atoms with E-state index in [1.165, 1.54) is 9.80 Å². The molecule has 1 aromatic carbocycles. The Morgan fingerprint density at radius 2 is 2.00 bits per heavy atom.